The van der Waals surface area contributed by atoms with E-state index >= 15 is 0 Å². The number of benzene rings is 1. The number of hydrogen-bond acceptors (Lipinski definition) is 1. The molecule has 0 fully saturated rings. The van der Waals surface area contributed by atoms with Crippen LogP contribution in [0.4, 0.5) is 0 Å². The van der Waals surface area contributed by atoms with Gasteiger partial charge in [0.2, 0.25) is 0 Å². The molecule has 2 aliphatic rings. The topological polar surface area (TPSA) is 12.0 Å². The van der Waals surface area contributed by atoms with Crippen molar-refractivity contribution in [3.05, 3.63) is 28.8 Å². The van der Waals surface area contributed by atoms with Gasteiger partial charge in [0, 0.05) is 6.04 Å². The summed E-state index contributed by atoms with van der Waals surface area (Å²) in [6.07, 6.45) is 3.96. The fourth-order valence-electron chi connectivity index (χ4n) is 2.69. The zero-order valence-corrected chi connectivity index (χ0v) is 9.56. The highest BCUT2D eigenvalue weighted by molar-refractivity contribution is 7.47. The molecule has 0 saturated carbocycles. The van der Waals surface area contributed by atoms with Crippen LogP contribution < -0.4 is 10.6 Å². The molecule has 2 heteroatoms. The standard InChI is InChI=1S/C12H16NP/c1-8-2-3-9-4-6-13-10-5-7-14-12(8)11(9)10/h2-3,10,13-14H,4-7H2,1H3. The molecule has 0 aliphatic carbocycles. The summed E-state index contributed by atoms with van der Waals surface area (Å²) in [6.45, 7) is 3.43. The Labute approximate surface area is 87.1 Å². The Bertz CT molecular complexity index is 371. The molecule has 14 heavy (non-hydrogen) atoms. The maximum Gasteiger partial charge on any atom is 0.0332 e. The molecule has 2 aliphatic heterocycles. The molecule has 1 aromatic rings. The summed E-state index contributed by atoms with van der Waals surface area (Å²) in [5, 5.41) is 5.32. The Balaban J connectivity index is 2.22. The summed E-state index contributed by atoms with van der Waals surface area (Å²) < 4.78 is 0. The van der Waals surface area contributed by atoms with E-state index in [9.17, 15) is 0 Å². The van der Waals surface area contributed by atoms with Gasteiger partial charge in [-0.05, 0) is 54.5 Å². The Morgan fingerprint density at radius 1 is 1.43 bits per heavy atom. The smallest absolute Gasteiger partial charge is 0.0332 e. The average Bonchev–Trinajstić information content (AvgIpc) is 2.24. The average molecular weight is 205 g/mol. The van der Waals surface area contributed by atoms with E-state index in [-0.39, 0.29) is 0 Å². The third-order valence-corrected chi connectivity index (χ3v) is 4.97. The van der Waals surface area contributed by atoms with E-state index < -0.39 is 0 Å². The molecular weight excluding hydrogens is 189 g/mol. The molecule has 0 amide bonds. The van der Waals surface area contributed by atoms with Crippen molar-refractivity contribution < 1.29 is 0 Å². The molecule has 74 valence electrons. The molecule has 2 unspecified atom stereocenters. The van der Waals surface area contributed by atoms with Crippen molar-refractivity contribution in [2.75, 3.05) is 12.7 Å². The third kappa shape index (κ3) is 1.23. The summed E-state index contributed by atoms with van der Waals surface area (Å²) >= 11 is 0. The first-order valence-corrected chi connectivity index (χ1v) is 6.66. The largest absolute Gasteiger partial charge is 0.310 e. The molecule has 2 heterocycles. The van der Waals surface area contributed by atoms with E-state index in [0.717, 1.165) is 8.58 Å². The first-order chi connectivity index (χ1) is 6.86. The first kappa shape index (κ1) is 8.88. The minimum Gasteiger partial charge on any atom is -0.310 e. The van der Waals surface area contributed by atoms with Gasteiger partial charge in [-0.2, -0.15) is 0 Å². The summed E-state index contributed by atoms with van der Waals surface area (Å²) in [5.41, 5.74) is 4.79. The lowest BCUT2D eigenvalue weighted by Gasteiger charge is -2.33. The van der Waals surface area contributed by atoms with Crippen molar-refractivity contribution in [1.82, 2.24) is 5.32 Å². The van der Waals surface area contributed by atoms with E-state index in [1.54, 1.807) is 16.4 Å². The number of rotatable bonds is 0. The lowest BCUT2D eigenvalue weighted by Crippen LogP contribution is -2.36. The van der Waals surface area contributed by atoms with Gasteiger partial charge in [0.25, 0.3) is 0 Å². The monoisotopic (exact) mass is 205 g/mol. The minimum absolute atomic E-state index is 0.676. The molecular formula is C12H16NP. The van der Waals surface area contributed by atoms with Crippen LogP contribution in [-0.2, 0) is 6.42 Å². The fraction of sp³-hybridized carbons (Fsp3) is 0.500. The van der Waals surface area contributed by atoms with Crippen molar-refractivity contribution in [2.45, 2.75) is 25.8 Å². The minimum atomic E-state index is 0.676. The summed E-state index contributed by atoms with van der Waals surface area (Å²) in [5.74, 6) is 0. The first-order valence-electron chi connectivity index (χ1n) is 5.46. The predicted molar refractivity (Wildman–Crippen MR) is 63.1 cm³/mol. The van der Waals surface area contributed by atoms with Gasteiger partial charge in [-0.1, -0.05) is 20.7 Å². The molecule has 0 bridgehead atoms. The van der Waals surface area contributed by atoms with Crippen LogP contribution >= 0.6 is 8.58 Å². The molecule has 3 rings (SSSR count). The zero-order valence-electron chi connectivity index (χ0n) is 8.56. The molecule has 2 atom stereocenters. The van der Waals surface area contributed by atoms with Crippen LogP contribution in [0.3, 0.4) is 0 Å². The van der Waals surface area contributed by atoms with E-state index in [1.807, 2.05) is 0 Å². The highest BCUT2D eigenvalue weighted by Crippen LogP contribution is 2.35. The van der Waals surface area contributed by atoms with Gasteiger partial charge in [-0.3, -0.25) is 0 Å². The predicted octanol–water partition coefficient (Wildman–Crippen LogP) is 1.89. The summed E-state index contributed by atoms with van der Waals surface area (Å²) in [6, 6.07) is 5.34. The number of hydrogen-bond donors (Lipinski definition) is 1. The van der Waals surface area contributed by atoms with Gasteiger partial charge in [0.1, 0.15) is 0 Å². The second kappa shape index (κ2) is 3.32. The highest BCUT2D eigenvalue weighted by atomic mass is 31.1. The van der Waals surface area contributed by atoms with Crippen LogP contribution in [-0.4, -0.2) is 12.7 Å². The Kier molecular flexibility index (Phi) is 2.11. The zero-order chi connectivity index (χ0) is 9.54. The maximum atomic E-state index is 3.65. The van der Waals surface area contributed by atoms with Crippen molar-refractivity contribution in [2.24, 2.45) is 0 Å². The normalized spacial score (nSPS) is 26.2. The third-order valence-electron chi connectivity index (χ3n) is 3.41. The molecule has 0 spiro atoms. The van der Waals surface area contributed by atoms with Crippen molar-refractivity contribution in [1.29, 1.82) is 0 Å². The summed E-state index contributed by atoms with van der Waals surface area (Å²) in [4.78, 5) is 0. The van der Waals surface area contributed by atoms with Gasteiger partial charge >= 0.3 is 0 Å². The van der Waals surface area contributed by atoms with Crippen LogP contribution in [0.15, 0.2) is 12.1 Å². The van der Waals surface area contributed by atoms with Gasteiger partial charge in [-0.25, -0.2) is 0 Å². The van der Waals surface area contributed by atoms with Crippen LogP contribution in [0.25, 0.3) is 0 Å². The van der Waals surface area contributed by atoms with Gasteiger partial charge in [-0.15, -0.1) is 0 Å². The number of nitrogens with one attached hydrogen (secondary N) is 1. The molecule has 0 saturated heterocycles. The summed E-state index contributed by atoms with van der Waals surface area (Å²) in [7, 11) is 1.05. The SMILES string of the molecule is Cc1ccc2c3c1PCCC3NCC2. The van der Waals surface area contributed by atoms with Crippen LogP contribution in [0.5, 0.6) is 0 Å². The van der Waals surface area contributed by atoms with E-state index in [0.29, 0.717) is 6.04 Å². The van der Waals surface area contributed by atoms with E-state index in [4.69, 9.17) is 0 Å². The molecule has 1 nitrogen and oxygen atoms in total. The van der Waals surface area contributed by atoms with Gasteiger partial charge < -0.3 is 5.32 Å². The van der Waals surface area contributed by atoms with Crippen LogP contribution in [0.1, 0.15) is 29.2 Å². The lowest BCUT2D eigenvalue weighted by atomic mass is 9.91. The molecule has 0 radical (unpaired) electrons. The van der Waals surface area contributed by atoms with Crippen LogP contribution in [0, 0.1) is 6.92 Å². The Morgan fingerprint density at radius 3 is 3.29 bits per heavy atom. The van der Waals surface area contributed by atoms with E-state index in [1.165, 1.54) is 31.1 Å². The Hall–Kier alpha value is -0.390. The Morgan fingerprint density at radius 2 is 2.36 bits per heavy atom. The second-order valence-corrected chi connectivity index (χ2v) is 5.66. The molecule has 1 N–H and O–H groups in total. The fourth-order valence-corrected chi connectivity index (χ4v) is 4.26. The van der Waals surface area contributed by atoms with Crippen LogP contribution in [0.2, 0.25) is 0 Å². The molecule has 0 aromatic heterocycles. The maximum absolute atomic E-state index is 3.65. The lowest BCUT2D eigenvalue weighted by molar-refractivity contribution is 0.494. The van der Waals surface area contributed by atoms with Crippen molar-refractivity contribution >= 4 is 13.9 Å². The highest BCUT2D eigenvalue weighted by Gasteiger charge is 2.26. The van der Waals surface area contributed by atoms with Gasteiger partial charge in [0.15, 0.2) is 0 Å². The number of aryl methyl sites for hydroxylation is 1. The van der Waals surface area contributed by atoms with E-state index in [2.05, 4.69) is 24.4 Å². The van der Waals surface area contributed by atoms with Gasteiger partial charge in [0.05, 0.1) is 0 Å². The van der Waals surface area contributed by atoms with Crippen molar-refractivity contribution in [3.63, 3.8) is 0 Å². The van der Waals surface area contributed by atoms with Crippen molar-refractivity contribution in [3.8, 4) is 0 Å². The quantitative estimate of drug-likeness (QED) is 0.638. The second-order valence-electron chi connectivity index (χ2n) is 4.30. The molecule has 1 aromatic carbocycles.